The van der Waals surface area contributed by atoms with E-state index in [1.165, 1.54) is 6.92 Å². The molecule has 0 radical (unpaired) electrons. The molecule has 1 heterocycles. The van der Waals surface area contributed by atoms with Gasteiger partial charge in [0.1, 0.15) is 0 Å². The number of rotatable bonds is 3. The van der Waals surface area contributed by atoms with Gasteiger partial charge >= 0.3 is 0 Å². The summed E-state index contributed by atoms with van der Waals surface area (Å²) < 4.78 is 0. The van der Waals surface area contributed by atoms with Gasteiger partial charge < -0.3 is 10.2 Å². The van der Waals surface area contributed by atoms with Crippen LogP contribution in [0.2, 0.25) is 5.02 Å². The Morgan fingerprint density at radius 2 is 1.85 bits per heavy atom. The highest BCUT2D eigenvalue weighted by atomic mass is 35.5. The zero-order chi connectivity index (χ0) is 18.5. The standard InChI is InChI=1S/C20H21ClN2O2S/c1-14(24)22-16-8-6-15(7-9-16)20(25)23-11-10-19(26-13-12-23)17-4-2-3-5-18(17)21/h2-9,19H,10-13H2,1H3,(H,22,24)/t19-/m0/s1. The third kappa shape index (κ3) is 4.59. The van der Waals surface area contributed by atoms with Crippen LogP contribution in [0.25, 0.3) is 0 Å². The van der Waals surface area contributed by atoms with Gasteiger partial charge in [-0.05, 0) is 42.3 Å². The lowest BCUT2D eigenvalue weighted by atomic mass is 10.1. The van der Waals surface area contributed by atoms with E-state index < -0.39 is 0 Å². The maximum absolute atomic E-state index is 12.8. The van der Waals surface area contributed by atoms with Crippen LogP contribution in [0, 0.1) is 0 Å². The van der Waals surface area contributed by atoms with Crippen LogP contribution in [0.3, 0.4) is 0 Å². The van der Waals surface area contributed by atoms with E-state index in [2.05, 4.69) is 11.4 Å². The Balaban J connectivity index is 1.66. The summed E-state index contributed by atoms with van der Waals surface area (Å²) in [5.41, 5.74) is 2.48. The number of thioether (sulfide) groups is 1. The van der Waals surface area contributed by atoms with Crippen molar-refractivity contribution in [2.24, 2.45) is 0 Å². The summed E-state index contributed by atoms with van der Waals surface area (Å²) in [7, 11) is 0. The molecule has 1 fully saturated rings. The maximum atomic E-state index is 12.8. The van der Waals surface area contributed by atoms with Crippen LogP contribution in [-0.2, 0) is 4.79 Å². The topological polar surface area (TPSA) is 49.4 Å². The monoisotopic (exact) mass is 388 g/mol. The summed E-state index contributed by atoms with van der Waals surface area (Å²) in [6, 6.07) is 15.0. The van der Waals surface area contributed by atoms with E-state index in [1.807, 2.05) is 34.9 Å². The number of hydrogen-bond donors (Lipinski definition) is 1. The van der Waals surface area contributed by atoms with Crippen LogP contribution >= 0.6 is 23.4 Å². The molecule has 1 atom stereocenters. The summed E-state index contributed by atoms with van der Waals surface area (Å²) >= 11 is 8.18. The first kappa shape index (κ1) is 18.8. The Labute approximate surface area is 162 Å². The molecule has 26 heavy (non-hydrogen) atoms. The second-order valence-electron chi connectivity index (χ2n) is 6.22. The van der Waals surface area contributed by atoms with Crippen LogP contribution in [0.5, 0.6) is 0 Å². The fourth-order valence-electron chi connectivity index (χ4n) is 3.04. The molecule has 0 aliphatic carbocycles. The highest BCUT2D eigenvalue weighted by Crippen LogP contribution is 2.37. The number of carbonyl (C=O) groups is 2. The normalized spacial score (nSPS) is 17.5. The van der Waals surface area contributed by atoms with Crippen LogP contribution in [0.15, 0.2) is 48.5 Å². The predicted octanol–water partition coefficient (Wildman–Crippen LogP) is 4.62. The number of nitrogens with one attached hydrogen (secondary N) is 1. The Morgan fingerprint density at radius 3 is 2.54 bits per heavy atom. The van der Waals surface area contributed by atoms with Crippen molar-refractivity contribution in [3.63, 3.8) is 0 Å². The SMILES string of the molecule is CC(=O)Nc1ccc(C(=O)N2CCS[C@H](c3ccccc3Cl)CC2)cc1. The quantitative estimate of drug-likeness (QED) is 0.834. The number of amides is 2. The average molecular weight is 389 g/mol. The number of carbonyl (C=O) groups excluding carboxylic acids is 2. The Hall–Kier alpha value is -1.98. The van der Waals surface area contributed by atoms with Crippen LogP contribution in [0.1, 0.15) is 34.5 Å². The highest BCUT2D eigenvalue weighted by Gasteiger charge is 2.24. The van der Waals surface area contributed by atoms with E-state index in [9.17, 15) is 9.59 Å². The van der Waals surface area contributed by atoms with Gasteiger partial charge in [0.15, 0.2) is 0 Å². The lowest BCUT2D eigenvalue weighted by Gasteiger charge is -2.20. The number of anilines is 1. The minimum Gasteiger partial charge on any atom is -0.338 e. The molecule has 0 unspecified atom stereocenters. The van der Waals surface area contributed by atoms with E-state index in [0.717, 1.165) is 29.3 Å². The molecule has 6 heteroatoms. The molecule has 1 aliphatic heterocycles. The van der Waals surface area contributed by atoms with E-state index in [-0.39, 0.29) is 11.8 Å². The lowest BCUT2D eigenvalue weighted by Crippen LogP contribution is -2.32. The van der Waals surface area contributed by atoms with Crippen LogP contribution in [-0.4, -0.2) is 35.6 Å². The zero-order valence-corrected chi connectivity index (χ0v) is 16.1. The van der Waals surface area contributed by atoms with Gasteiger partial charge in [0.2, 0.25) is 5.91 Å². The summed E-state index contributed by atoms with van der Waals surface area (Å²) in [4.78, 5) is 25.8. The first-order chi connectivity index (χ1) is 12.5. The first-order valence-corrected chi connectivity index (χ1v) is 10.0. The van der Waals surface area contributed by atoms with Gasteiger partial charge in [0, 0.05) is 47.3 Å². The van der Waals surface area contributed by atoms with E-state index in [0.29, 0.717) is 23.0 Å². The van der Waals surface area contributed by atoms with Gasteiger partial charge in [-0.25, -0.2) is 0 Å². The molecule has 1 aliphatic rings. The van der Waals surface area contributed by atoms with Crippen molar-refractivity contribution < 1.29 is 9.59 Å². The van der Waals surface area contributed by atoms with Gasteiger partial charge in [-0.15, -0.1) is 0 Å². The smallest absolute Gasteiger partial charge is 0.253 e. The number of benzene rings is 2. The average Bonchev–Trinajstić information content (AvgIpc) is 2.88. The molecule has 0 bridgehead atoms. The maximum Gasteiger partial charge on any atom is 0.253 e. The van der Waals surface area contributed by atoms with Gasteiger partial charge in [-0.1, -0.05) is 29.8 Å². The molecule has 0 saturated carbocycles. The highest BCUT2D eigenvalue weighted by molar-refractivity contribution is 7.99. The molecule has 4 nitrogen and oxygen atoms in total. The van der Waals surface area contributed by atoms with E-state index >= 15 is 0 Å². The molecular weight excluding hydrogens is 368 g/mol. The molecule has 136 valence electrons. The van der Waals surface area contributed by atoms with Crippen molar-refractivity contribution in [1.29, 1.82) is 0 Å². The molecule has 2 aromatic rings. The van der Waals surface area contributed by atoms with E-state index in [1.54, 1.807) is 24.3 Å². The molecule has 0 spiro atoms. The van der Waals surface area contributed by atoms with Crippen LogP contribution < -0.4 is 5.32 Å². The van der Waals surface area contributed by atoms with Gasteiger partial charge in [-0.3, -0.25) is 9.59 Å². The zero-order valence-electron chi connectivity index (χ0n) is 14.6. The third-order valence-corrected chi connectivity index (χ3v) is 5.99. The van der Waals surface area contributed by atoms with E-state index in [4.69, 9.17) is 11.6 Å². The molecule has 1 N–H and O–H groups in total. The molecular formula is C20H21ClN2O2S. The van der Waals surface area contributed by atoms with Gasteiger partial charge in [0.05, 0.1) is 0 Å². The Bertz CT molecular complexity index is 795. The third-order valence-electron chi connectivity index (χ3n) is 4.33. The van der Waals surface area contributed by atoms with Gasteiger partial charge in [0.25, 0.3) is 5.91 Å². The molecule has 2 aromatic carbocycles. The Kier molecular flexibility index (Phi) is 6.22. The molecule has 3 rings (SSSR count). The Morgan fingerprint density at radius 1 is 1.12 bits per heavy atom. The summed E-state index contributed by atoms with van der Waals surface area (Å²) in [5.74, 6) is 0.782. The van der Waals surface area contributed by atoms with Crippen LogP contribution in [0.4, 0.5) is 5.69 Å². The lowest BCUT2D eigenvalue weighted by molar-refractivity contribution is -0.114. The summed E-state index contributed by atoms with van der Waals surface area (Å²) in [6.07, 6.45) is 0.879. The number of hydrogen-bond acceptors (Lipinski definition) is 3. The minimum atomic E-state index is -0.126. The minimum absolute atomic E-state index is 0.0276. The van der Waals surface area contributed by atoms with Crippen molar-refractivity contribution in [3.05, 3.63) is 64.7 Å². The number of nitrogens with zero attached hydrogens (tertiary/aromatic N) is 1. The van der Waals surface area contributed by atoms with Crippen molar-refractivity contribution in [2.75, 3.05) is 24.2 Å². The fraction of sp³-hybridized carbons (Fsp3) is 0.300. The van der Waals surface area contributed by atoms with Crippen molar-refractivity contribution in [2.45, 2.75) is 18.6 Å². The fourth-order valence-corrected chi connectivity index (χ4v) is 4.64. The molecule has 0 aromatic heterocycles. The van der Waals surface area contributed by atoms with Gasteiger partial charge in [-0.2, -0.15) is 11.8 Å². The summed E-state index contributed by atoms with van der Waals surface area (Å²) in [5, 5.41) is 3.81. The number of halogens is 1. The first-order valence-electron chi connectivity index (χ1n) is 8.57. The summed E-state index contributed by atoms with van der Waals surface area (Å²) in [6.45, 7) is 2.89. The second-order valence-corrected chi connectivity index (χ2v) is 7.94. The van der Waals surface area contributed by atoms with Crippen molar-refractivity contribution in [1.82, 2.24) is 4.90 Å². The molecule has 1 saturated heterocycles. The van der Waals surface area contributed by atoms with Crippen molar-refractivity contribution >= 4 is 40.9 Å². The predicted molar refractivity (Wildman–Crippen MR) is 108 cm³/mol. The van der Waals surface area contributed by atoms with Crippen molar-refractivity contribution in [3.8, 4) is 0 Å². The largest absolute Gasteiger partial charge is 0.338 e. The molecule has 2 amide bonds. The second kappa shape index (κ2) is 8.60.